The zero-order valence-electron chi connectivity index (χ0n) is 11.6. The quantitative estimate of drug-likeness (QED) is 0.393. The number of para-hydroxylation sites is 1. The van der Waals surface area contributed by atoms with Crippen LogP contribution in [0.25, 0.3) is 32.9 Å². The number of nitrogens with zero attached hydrogens (tertiary/aromatic N) is 2. The number of hydrogen-bond acceptors (Lipinski definition) is 2. The minimum absolute atomic E-state index is 0.0307. The van der Waals surface area contributed by atoms with Crippen molar-refractivity contribution in [2.75, 3.05) is 0 Å². The Bertz CT molecular complexity index is 1020. The summed E-state index contributed by atoms with van der Waals surface area (Å²) in [7, 11) is 0. The Morgan fingerprint density at radius 3 is 2.55 bits per heavy atom. The van der Waals surface area contributed by atoms with E-state index in [0.29, 0.717) is 0 Å². The fourth-order valence-electron chi connectivity index (χ4n) is 2.83. The summed E-state index contributed by atoms with van der Waals surface area (Å²) in [5.41, 5.74) is 9.39. The van der Waals surface area contributed by atoms with Crippen LogP contribution in [0.4, 0.5) is 5.69 Å². The Kier molecular flexibility index (Phi) is 2.87. The summed E-state index contributed by atoms with van der Waals surface area (Å²) in [5.74, 6) is 0. The van der Waals surface area contributed by atoms with Gasteiger partial charge < -0.3 is 10.7 Å². The number of aromatic amines is 1. The number of H-pyrrole nitrogens is 1. The first-order chi connectivity index (χ1) is 10.7. The average molecular weight is 304 g/mol. The van der Waals surface area contributed by atoms with Crippen molar-refractivity contribution in [3.05, 3.63) is 54.6 Å². The number of rotatable bonds is 1. The number of nitrogens with one attached hydrogen (secondary N) is 1. The first-order valence-corrected chi connectivity index (χ1v) is 7.28. The number of hydrogen-bond donors (Lipinski definition) is 2. The molecule has 0 amide bonds. The minimum Gasteiger partial charge on any atom is -0.373 e. The van der Waals surface area contributed by atoms with E-state index < -0.39 is 0 Å². The highest BCUT2D eigenvalue weighted by Crippen LogP contribution is 2.44. The van der Waals surface area contributed by atoms with Gasteiger partial charge in [-0.05, 0) is 29.7 Å². The highest BCUT2D eigenvalue weighted by atomic mass is 32.1. The molecule has 1 aliphatic heterocycles. The molecular formula is C17H12N4S. The van der Waals surface area contributed by atoms with E-state index in [4.69, 9.17) is 18.0 Å². The molecule has 22 heavy (non-hydrogen) atoms. The lowest BCUT2D eigenvalue weighted by atomic mass is 10.1. The smallest absolute Gasteiger partial charge is 0.211 e. The lowest BCUT2D eigenvalue weighted by Crippen LogP contribution is -2.01. The molecule has 0 radical (unpaired) electrons. The molecule has 4 rings (SSSR count). The standard InChI is InChI=1S/C17H12N4S/c18-17(22)21-20-16-12-7-3-2-6-11(12)15-13(16)9-10-5-1-4-8-14(10)19-15/h1-9,19H,(H2,18,22). The fraction of sp³-hybridized carbons (Fsp3) is 0. The predicted molar refractivity (Wildman–Crippen MR) is 93.7 cm³/mol. The number of thiocarbonyl (C=S) groups is 1. The Balaban J connectivity index is 2.15. The van der Waals surface area contributed by atoms with E-state index >= 15 is 0 Å². The van der Waals surface area contributed by atoms with E-state index in [1.54, 1.807) is 0 Å². The van der Waals surface area contributed by atoms with Gasteiger partial charge >= 0.3 is 0 Å². The van der Waals surface area contributed by atoms with Gasteiger partial charge in [0.05, 0.1) is 5.69 Å². The third-order valence-electron chi connectivity index (χ3n) is 3.74. The van der Waals surface area contributed by atoms with E-state index in [2.05, 4.69) is 39.5 Å². The topological polar surface area (TPSA) is 66.5 Å². The molecule has 0 bridgehead atoms. The molecule has 2 aliphatic rings. The van der Waals surface area contributed by atoms with Gasteiger partial charge in [-0.1, -0.05) is 42.5 Å². The van der Waals surface area contributed by atoms with Crippen LogP contribution in [-0.2, 0) is 0 Å². The molecule has 0 unspecified atom stereocenters. The van der Waals surface area contributed by atoms with Crippen LogP contribution >= 0.6 is 12.2 Å². The van der Waals surface area contributed by atoms with Gasteiger partial charge in [0, 0.05) is 21.9 Å². The van der Waals surface area contributed by atoms with Crippen LogP contribution in [0.5, 0.6) is 0 Å². The maximum absolute atomic E-state index is 5.45. The first kappa shape index (κ1) is 12.9. The molecule has 2 aromatic rings. The van der Waals surface area contributed by atoms with Crippen LogP contribution in [0.3, 0.4) is 0 Å². The van der Waals surface area contributed by atoms with Gasteiger partial charge in [-0.2, -0.15) is 0 Å². The van der Waals surface area contributed by atoms with E-state index in [9.17, 15) is 0 Å². The summed E-state index contributed by atoms with van der Waals surface area (Å²) in [6.07, 6.45) is 0. The number of nitrogens with two attached hydrogens (primary N) is 1. The first-order valence-electron chi connectivity index (χ1n) is 6.87. The third-order valence-corrected chi connectivity index (χ3v) is 3.83. The van der Waals surface area contributed by atoms with Crippen molar-refractivity contribution < 1.29 is 0 Å². The molecule has 4 nitrogen and oxygen atoms in total. The third kappa shape index (κ3) is 1.95. The number of benzene rings is 2. The molecule has 0 saturated carbocycles. The molecule has 106 valence electrons. The van der Waals surface area contributed by atoms with Crippen molar-refractivity contribution in [3.63, 3.8) is 0 Å². The Labute approximate surface area is 132 Å². The van der Waals surface area contributed by atoms with Crippen LogP contribution in [0.2, 0.25) is 0 Å². The second-order valence-electron chi connectivity index (χ2n) is 5.08. The number of aromatic nitrogens is 1. The van der Waals surface area contributed by atoms with Crippen molar-refractivity contribution >= 4 is 44.7 Å². The largest absolute Gasteiger partial charge is 0.373 e. The van der Waals surface area contributed by atoms with Gasteiger partial charge in [0.25, 0.3) is 0 Å². The van der Waals surface area contributed by atoms with Crippen molar-refractivity contribution in [2.45, 2.75) is 0 Å². The zero-order chi connectivity index (χ0) is 15.1. The molecule has 1 aliphatic carbocycles. The summed E-state index contributed by atoms with van der Waals surface area (Å²) in [6.45, 7) is 0. The van der Waals surface area contributed by atoms with E-state index in [-0.39, 0.29) is 5.11 Å². The average Bonchev–Trinajstić information content (AvgIpc) is 2.84. The summed E-state index contributed by atoms with van der Waals surface area (Å²) in [4.78, 5) is 3.49. The van der Waals surface area contributed by atoms with Gasteiger partial charge in [-0.25, -0.2) is 0 Å². The van der Waals surface area contributed by atoms with E-state index in [1.807, 2.05) is 30.3 Å². The predicted octanol–water partition coefficient (Wildman–Crippen LogP) is 4.75. The van der Waals surface area contributed by atoms with Crippen LogP contribution in [-0.4, -0.2) is 10.1 Å². The normalized spacial score (nSPS) is 11.8. The lowest BCUT2D eigenvalue weighted by Gasteiger charge is -2.05. The van der Waals surface area contributed by atoms with Crippen LogP contribution in [0.15, 0.2) is 64.8 Å². The Hall–Kier alpha value is -2.79. The zero-order valence-corrected chi connectivity index (χ0v) is 12.4. The molecule has 3 N–H and O–H groups in total. The summed E-state index contributed by atoms with van der Waals surface area (Å²) >= 11 is 4.80. The number of pyridine rings is 1. The van der Waals surface area contributed by atoms with Gasteiger partial charge in [0.2, 0.25) is 5.11 Å². The maximum atomic E-state index is 5.45. The molecule has 0 fully saturated rings. The highest BCUT2D eigenvalue weighted by Gasteiger charge is 2.18. The summed E-state index contributed by atoms with van der Waals surface area (Å²) in [5, 5.41) is 11.4. The highest BCUT2D eigenvalue weighted by molar-refractivity contribution is 7.80. The molecular weight excluding hydrogens is 292 g/mol. The summed E-state index contributed by atoms with van der Waals surface area (Å²) in [6, 6.07) is 18.4. The van der Waals surface area contributed by atoms with Crippen molar-refractivity contribution in [2.24, 2.45) is 16.0 Å². The van der Waals surface area contributed by atoms with Gasteiger partial charge in [-0.3, -0.25) is 0 Å². The lowest BCUT2D eigenvalue weighted by molar-refractivity contribution is 1.29. The maximum Gasteiger partial charge on any atom is 0.211 e. The molecule has 5 heteroatoms. The monoisotopic (exact) mass is 304 g/mol. The van der Waals surface area contributed by atoms with Gasteiger partial charge in [0.15, 0.2) is 0 Å². The molecule has 0 aromatic heterocycles. The van der Waals surface area contributed by atoms with Gasteiger partial charge in [-0.15, -0.1) is 10.2 Å². The van der Waals surface area contributed by atoms with Gasteiger partial charge in [0.1, 0.15) is 5.69 Å². The summed E-state index contributed by atoms with van der Waals surface area (Å²) < 4.78 is 0. The SMILES string of the molecule is NC(=S)N=Nc1c2cc3ccccc3[nH]c-2c2ccccc12. The molecule has 2 aromatic carbocycles. The van der Waals surface area contributed by atoms with Crippen LogP contribution in [0, 0.1) is 0 Å². The Morgan fingerprint density at radius 1 is 1.00 bits per heavy atom. The second kappa shape index (κ2) is 4.89. The molecule has 0 spiro atoms. The molecule has 0 saturated heterocycles. The van der Waals surface area contributed by atoms with Crippen LogP contribution in [0.1, 0.15) is 0 Å². The van der Waals surface area contributed by atoms with Crippen molar-refractivity contribution in [3.8, 4) is 11.3 Å². The fourth-order valence-corrected chi connectivity index (χ4v) is 2.87. The van der Waals surface area contributed by atoms with Crippen molar-refractivity contribution in [1.82, 2.24) is 4.98 Å². The molecule has 1 heterocycles. The Morgan fingerprint density at radius 2 is 1.73 bits per heavy atom. The number of azo groups is 1. The number of fused-ring (bicyclic) bond motifs is 4. The molecule has 0 atom stereocenters. The van der Waals surface area contributed by atoms with E-state index in [1.165, 1.54) is 0 Å². The van der Waals surface area contributed by atoms with Crippen molar-refractivity contribution in [1.29, 1.82) is 0 Å². The van der Waals surface area contributed by atoms with Crippen LogP contribution < -0.4 is 5.73 Å². The second-order valence-corrected chi connectivity index (χ2v) is 5.50. The van der Waals surface area contributed by atoms with E-state index in [0.717, 1.165) is 38.6 Å². The minimum atomic E-state index is 0.0307.